The Bertz CT molecular complexity index is 879. The second-order valence-electron chi connectivity index (χ2n) is 7.22. The Morgan fingerprint density at radius 1 is 1.21 bits per heavy atom. The quantitative estimate of drug-likeness (QED) is 0.529. The minimum atomic E-state index is -4.57. The molecule has 2 aliphatic rings. The molecule has 1 unspecified atom stereocenters. The van der Waals surface area contributed by atoms with Crippen molar-refractivity contribution in [3.63, 3.8) is 0 Å². The number of nitrogens with zero attached hydrogens (tertiary/aromatic N) is 2. The van der Waals surface area contributed by atoms with Crippen LogP contribution in [0.4, 0.5) is 13.2 Å². The Balaban J connectivity index is 1.67. The number of hydrogen-bond donors (Lipinski definition) is 0. The summed E-state index contributed by atoms with van der Waals surface area (Å²) >= 11 is 0. The molecule has 1 aromatic rings. The van der Waals surface area contributed by atoms with Gasteiger partial charge in [-0.1, -0.05) is 0 Å². The van der Waals surface area contributed by atoms with Crippen LogP contribution in [0.3, 0.4) is 0 Å². The van der Waals surface area contributed by atoms with Crippen LogP contribution < -0.4 is 0 Å². The van der Waals surface area contributed by atoms with Crippen LogP contribution in [0.5, 0.6) is 0 Å². The van der Waals surface area contributed by atoms with E-state index in [1.54, 1.807) is 6.92 Å². The first-order valence-electron chi connectivity index (χ1n) is 8.99. The number of carbonyl (C=O) groups excluding carboxylic acids is 4. The van der Waals surface area contributed by atoms with Crippen LogP contribution in [0.15, 0.2) is 18.2 Å². The van der Waals surface area contributed by atoms with Crippen molar-refractivity contribution in [3.05, 3.63) is 34.9 Å². The number of ether oxygens (including phenoxy) is 1. The highest BCUT2D eigenvalue weighted by atomic mass is 19.4. The highest BCUT2D eigenvalue weighted by molar-refractivity contribution is 6.21. The Labute approximate surface area is 164 Å². The van der Waals surface area contributed by atoms with E-state index in [0.29, 0.717) is 4.90 Å². The van der Waals surface area contributed by atoms with E-state index in [4.69, 9.17) is 4.74 Å². The average Bonchev–Trinajstić information content (AvgIpc) is 3.49. The number of benzene rings is 1. The van der Waals surface area contributed by atoms with E-state index in [9.17, 15) is 32.3 Å². The van der Waals surface area contributed by atoms with E-state index < -0.39 is 49.1 Å². The van der Waals surface area contributed by atoms with Crippen LogP contribution in [0.2, 0.25) is 0 Å². The fourth-order valence-corrected chi connectivity index (χ4v) is 3.27. The lowest BCUT2D eigenvalue weighted by molar-refractivity contribution is -0.167. The van der Waals surface area contributed by atoms with Gasteiger partial charge in [0.25, 0.3) is 17.7 Å². The summed E-state index contributed by atoms with van der Waals surface area (Å²) in [5, 5.41) is 0. The minimum absolute atomic E-state index is 0.00857. The number of imide groups is 1. The number of alkyl halides is 3. The van der Waals surface area contributed by atoms with Crippen molar-refractivity contribution in [3.8, 4) is 0 Å². The summed E-state index contributed by atoms with van der Waals surface area (Å²) in [6, 6.07) is 3.12. The van der Waals surface area contributed by atoms with Crippen LogP contribution in [-0.2, 0) is 9.53 Å². The van der Waals surface area contributed by atoms with Crippen molar-refractivity contribution in [2.24, 2.45) is 5.92 Å². The van der Waals surface area contributed by atoms with Crippen LogP contribution in [0.1, 0.15) is 50.8 Å². The van der Waals surface area contributed by atoms with Gasteiger partial charge in [-0.05, 0) is 43.9 Å². The van der Waals surface area contributed by atoms with Crippen LogP contribution in [-0.4, -0.2) is 65.9 Å². The third kappa shape index (κ3) is 4.41. The van der Waals surface area contributed by atoms with Crippen molar-refractivity contribution in [2.45, 2.75) is 32.0 Å². The number of halogens is 3. The molecule has 7 nitrogen and oxygen atoms in total. The minimum Gasteiger partial charge on any atom is -0.452 e. The largest absolute Gasteiger partial charge is 0.452 e. The topological polar surface area (TPSA) is 84.0 Å². The first-order valence-corrected chi connectivity index (χ1v) is 8.99. The zero-order valence-corrected chi connectivity index (χ0v) is 15.8. The first-order chi connectivity index (χ1) is 13.5. The fraction of sp³-hybridized carbons (Fsp3) is 0.474. The second kappa shape index (κ2) is 7.49. The third-order valence-electron chi connectivity index (χ3n) is 5.12. The average molecular weight is 412 g/mol. The summed E-state index contributed by atoms with van der Waals surface area (Å²) in [4.78, 5) is 50.0. The van der Waals surface area contributed by atoms with E-state index in [1.165, 1.54) is 25.2 Å². The smallest absolute Gasteiger partial charge is 0.406 e. The molecule has 1 fully saturated rings. The molecule has 156 valence electrons. The molecule has 3 amide bonds. The Kier molecular flexibility index (Phi) is 5.38. The third-order valence-corrected chi connectivity index (χ3v) is 5.12. The van der Waals surface area contributed by atoms with Gasteiger partial charge in [0, 0.05) is 13.1 Å². The molecule has 0 aromatic heterocycles. The summed E-state index contributed by atoms with van der Waals surface area (Å²) in [5.41, 5.74) is 0.0877. The lowest BCUT2D eigenvalue weighted by Gasteiger charge is -2.30. The number of rotatable bonds is 6. The zero-order valence-electron chi connectivity index (χ0n) is 15.8. The van der Waals surface area contributed by atoms with Gasteiger partial charge in [-0.15, -0.1) is 0 Å². The van der Waals surface area contributed by atoms with Gasteiger partial charge in [0.2, 0.25) is 0 Å². The fourth-order valence-electron chi connectivity index (χ4n) is 3.27. The molecule has 1 heterocycles. The van der Waals surface area contributed by atoms with E-state index in [2.05, 4.69) is 0 Å². The monoisotopic (exact) mass is 412 g/mol. The van der Waals surface area contributed by atoms with Crippen LogP contribution >= 0.6 is 0 Å². The SMILES string of the molecule is CC(C1CC1)N(CC(F)(F)F)C(=O)COC(=O)c1ccc2c(c1)C(=O)N(C)C2=O. The summed E-state index contributed by atoms with van der Waals surface area (Å²) in [5.74, 6) is -2.99. The van der Waals surface area contributed by atoms with Crippen LogP contribution in [0.25, 0.3) is 0 Å². The first kappa shape index (κ1) is 20.8. The molecule has 0 N–H and O–H groups in total. The molecule has 0 spiro atoms. The maximum atomic E-state index is 12.8. The van der Waals surface area contributed by atoms with Crippen molar-refractivity contribution < 1.29 is 37.1 Å². The lowest BCUT2D eigenvalue weighted by atomic mass is 10.1. The van der Waals surface area contributed by atoms with Gasteiger partial charge < -0.3 is 9.64 Å². The van der Waals surface area contributed by atoms with E-state index >= 15 is 0 Å². The molecule has 1 aromatic carbocycles. The number of fused-ring (bicyclic) bond motifs is 1. The van der Waals surface area contributed by atoms with Crippen LogP contribution in [0, 0.1) is 5.92 Å². The van der Waals surface area contributed by atoms with Gasteiger partial charge in [0.1, 0.15) is 6.54 Å². The van der Waals surface area contributed by atoms with E-state index in [0.717, 1.165) is 17.7 Å². The molecule has 10 heteroatoms. The normalized spacial score (nSPS) is 17.2. The summed E-state index contributed by atoms with van der Waals surface area (Å²) < 4.78 is 43.4. The number of amides is 3. The molecule has 0 bridgehead atoms. The van der Waals surface area contributed by atoms with E-state index in [1.807, 2.05) is 0 Å². The highest BCUT2D eigenvalue weighted by Gasteiger charge is 2.40. The number of hydrogen-bond acceptors (Lipinski definition) is 5. The van der Waals surface area contributed by atoms with Crippen molar-refractivity contribution in [1.82, 2.24) is 9.80 Å². The number of esters is 1. The molecule has 1 aliphatic heterocycles. The summed E-state index contributed by atoms with van der Waals surface area (Å²) in [7, 11) is 1.30. The standard InChI is InChI=1S/C19H19F3N2O5/c1-10(11-3-4-11)24(9-19(20,21)22)15(25)8-29-18(28)12-5-6-13-14(7-12)17(27)23(2)16(13)26/h5-7,10-11H,3-4,8-9H2,1-2H3. The Hall–Kier alpha value is -2.91. The van der Waals surface area contributed by atoms with Crippen molar-refractivity contribution in [2.75, 3.05) is 20.2 Å². The Morgan fingerprint density at radius 3 is 2.41 bits per heavy atom. The zero-order chi connectivity index (χ0) is 21.5. The molecule has 0 saturated heterocycles. The lowest BCUT2D eigenvalue weighted by Crippen LogP contribution is -2.47. The van der Waals surface area contributed by atoms with E-state index in [-0.39, 0.29) is 22.6 Å². The molecule has 29 heavy (non-hydrogen) atoms. The predicted octanol–water partition coefficient (Wildman–Crippen LogP) is 2.26. The Morgan fingerprint density at radius 2 is 1.83 bits per heavy atom. The maximum absolute atomic E-state index is 12.8. The molecule has 3 rings (SSSR count). The molecule has 1 aliphatic carbocycles. The summed E-state index contributed by atoms with van der Waals surface area (Å²) in [6.07, 6.45) is -3.07. The van der Waals surface area contributed by atoms with Gasteiger partial charge in [-0.2, -0.15) is 13.2 Å². The molecule has 1 atom stereocenters. The second-order valence-corrected chi connectivity index (χ2v) is 7.22. The molecular formula is C19H19F3N2O5. The highest BCUT2D eigenvalue weighted by Crippen LogP contribution is 2.36. The van der Waals surface area contributed by atoms with Gasteiger partial charge in [-0.3, -0.25) is 19.3 Å². The van der Waals surface area contributed by atoms with Gasteiger partial charge in [-0.25, -0.2) is 4.79 Å². The summed E-state index contributed by atoms with van der Waals surface area (Å²) in [6.45, 7) is -0.721. The predicted molar refractivity (Wildman–Crippen MR) is 93.1 cm³/mol. The molecule has 0 radical (unpaired) electrons. The molecular weight excluding hydrogens is 393 g/mol. The van der Waals surface area contributed by atoms with Crippen molar-refractivity contribution >= 4 is 23.7 Å². The molecule has 1 saturated carbocycles. The van der Waals surface area contributed by atoms with Gasteiger partial charge in [0.15, 0.2) is 6.61 Å². The van der Waals surface area contributed by atoms with Gasteiger partial charge >= 0.3 is 12.1 Å². The number of carbonyl (C=O) groups is 4. The van der Waals surface area contributed by atoms with Crippen molar-refractivity contribution in [1.29, 1.82) is 0 Å². The maximum Gasteiger partial charge on any atom is 0.406 e. The van der Waals surface area contributed by atoms with Gasteiger partial charge in [0.05, 0.1) is 16.7 Å².